The lowest BCUT2D eigenvalue weighted by atomic mass is 9.94. The number of amides is 1. The Bertz CT molecular complexity index is 267. The third-order valence-corrected chi connectivity index (χ3v) is 3.85. The number of rotatable bonds is 6. The predicted octanol–water partition coefficient (Wildman–Crippen LogP) is 1.80. The summed E-state index contributed by atoms with van der Waals surface area (Å²) in [5.41, 5.74) is 0. The SMILES string of the molecule is C=CCN(CCC1CCNCC1)C(=O)C1CC1. The number of carbonyl (C=O) groups is 1. The molecule has 0 bridgehead atoms. The third-order valence-electron chi connectivity index (χ3n) is 3.85. The zero-order valence-corrected chi connectivity index (χ0v) is 10.7. The minimum Gasteiger partial charge on any atom is -0.339 e. The van der Waals surface area contributed by atoms with Crippen LogP contribution in [0.3, 0.4) is 0 Å². The van der Waals surface area contributed by atoms with E-state index in [4.69, 9.17) is 0 Å². The van der Waals surface area contributed by atoms with Crippen molar-refractivity contribution < 1.29 is 4.79 Å². The summed E-state index contributed by atoms with van der Waals surface area (Å²) >= 11 is 0. The molecular formula is C14H24N2O. The summed E-state index contributed by atoms with van der Waals surface area (Å²) in [5.74, 6) is 1.50. The van der Waals surface area contributed by atoms with Gasteiger partial charge in [0.1, 0.15) is 0 Å². The van der Waals surface area contributed by atoms with E-state index in [2.05, 4.69) is 11.9 Å². The van der Waals surface area contributed by atoms with Crippen LogP contribution in [-0.2, 0) is 4.79 Å². The Balaban J connectivity index is 1.75. The fraction of sp³-hybridized carbons (Fsp3) is 0.786. The lowest BCUT2D eigenvalue weighted by molar-refractivity contribution is -0.132. The molecule has 1 heterocycles. The van der Waals surface area contributed by atoms with Crippen molar-refractivity contribution in [1.29, 1.82) is 0 Å². The molecule has 2 fully saturated rings. The molecule has 1 saturated carbocycles. The van der Waals surface area contributed by atoms with Crippen molar-refractivity contribution in [2.45, 2.75) is 32.1 Å². The average molecular weight is 236 g/mol. The number of piperidine rings is 1. The molecule has 0 aromatic carbocycles. The van der Waals surface area contributed by atoms with Gasteiger partial charge in [-0.25, -0.2) is 0 Å². The Hall–Kier alpha value is -0.830. The highest BCUT2D eigenvalue weighted by molar-refractivity contribution is 5.81. The van der Waals surface area contributed by atoms with E-state index in [1.165, 1.54) is 12.8 Å². The molecule has 96 valence electrons. The van der Waals surface area contributed by atoms with Crippen molar-refractivity contribution in [3.63, 3.8) is 0 Å². The standard InChI is InChI=1S/C14H24N2O/c1-2-10-16(14(17)13-3-4-13)11-7-12-5-8-15-9-6-12/h2,12-13,15H,1,3-11H2. The smallest absolute Gasteiger partial charge is 0.225 e. The largest absolute Gasteiger partial charge is 0.339 e. The van der Waals surface area contributed by atoms with E-state index >= 15 is 0 Å². The molecule has 3 heteroatoms. The molecule has 1 N–H and O–H groups in total. The Morgan fingerprint density at radius 3 is 2.59 bits per heavy atom. The number of carbonyl (C=O) groups excluding carboxylic acids is 1. The van der Waals surface area contributed by atoms with Crippen LogP contribution in [0.4, 0.5) is 0 Å². The number of nitrogens with zero attached hydrogens (tertiary/aromatic N) is 1. The summed E-state index contributed by atoms with van der Waals surface area (Å²) in [5, 5.41) is 3.38. The number of nitrogens with one attached hydrogen (secondary N) is 1. The highest BCUT2D eigenvalue weighted by Crippen LogP contribution is 2.31. The number of hydrogen-bond donors (Lipinski definition) is 1. The molecule has 0 aromatic heterocycles. The summed E-state index contributed by atoms with van der Waals surface area (Å²) in [7, 11) is 0. The van der Waals surface area contributed by atoms with Crippen LogP contribution in [0.25, 0.3) is 0 Å². The minimum atomic E-state index is 0.336. The van der Waals surface area contributed by atoms with E-state index in [-0.39, 0.29) is 0 Å². The van der Waals surface area contributed by atoms with Gasteiger partial charge in [0.2, 0.25) is 5.91 Å². The molecule has 0 unspecified atom stereocenters. The molecule has 2 rings (SSSR count). The van der Waals surface area contributed by atoms with E-state index in [0.717, 1.165) is 51.4 Å². The summed E-state index contributed by atoms with van der Waals surface area (Å²) in [6, 6.07) is 0. The van der Waals surface area contributed by atoms with Crippen molar-refractivity contribution in [3.05, 3.63) is 12.7 Å². The van der Waals surface area contributed by atoms with E-state index in [9.17, 15) is 4.79 Å². The van der Waals surface area contributed by atoms with Gasteiger partial charge in [0.25, 0.3) is 0 Å². The molecule has 17 heavy (non-hydrogen) atoms. The quantitative estimate of drug-likeness (QED) is 0.713. The van der Waals surface area contributed by atoms with Crippen molar-refractivity contribution in [2.75, 3.05) is 26.2 Å². The van der Waals surface area contributed by atoms with Crippen LogP contribution in [-0.4, -0.2) is 37.0 Å². The Labute approximate surface area is 104 Å². The highest BCUT2D eigenvalue weighted by atomic mass is 16.2. The zero-order chi connectivity index (χ0) is 12.1. The van der Waals surface area contributed by atoms with Gasteiger partial charge in [0, 0.05) is 19.0 Å². The molecule has 1 aliphatic carbocycles. The molecular weight excluding hydrogens is 212 g/mol. The highest BCUT2D eigenvalue weighted by Gasteiger charge is 2.33. The first-order valence-electron chi connectivity index (χ1n) is 6.91. The summed E-state index contributed by atoms with van der Waals surface area (Å²) in [4.78, 5) is 14.0. The molecule has 3 nitrogen and oxygen atoms in total. The maximum Gasteiger partial charge on any atom is 0.225 e. The molecule has 1 amide bonds. The summed E-state index contributed by atoms with van der Waals surface area (Å²) < 4.78 is 0. The maximum atomic E-state index is 12.0. The van der Waals surface area contributed by atoms with Gasteiger partial charge < -0.3 is 10.2 Å². The Morgan fingerprint density at radius 2 is 2.00 bits per heavy atom. The average Bonchev–Trinajstić information content (AvgIpc) is 3.19. The summed E-state index contributed by atoms with van der Waals surface area (Å²) in [6.45, 7) is 7.68. The second-order valence-corrected chi connectivity index (χ2v) is 5.33. The second kappa shape index (κ2) is 6.20. The van der Waals surface area contributed by atoms with E-state index in [1.807, 2.05) is 11.0 Å². The fourth-order valence-electron chi connectivity index (χ4n) is 2.54. The van der Waals surface area contributed by atoms with Crippen LogP contribution in [0.15, 0.2) is 12.7 Å². The van der Waals surface area contributed by atoms with Gasteiger partial charge in [-0.2, -0.15) is 0 Å². The van der Waals surface area contributed by atoms with Gasteiger partial charge >= 0.3 is 0 Å². The molecule has 0 radical (unpaired) electrons. The monoisotopic (exact) mass is 236 g/mol. The molecule has 1 saturated heterocycles. The van der Waals surface area contributed by atoms with Gasteiger partial charge in [-0.1, -0.05) is 6.08 Å². The van der Waals surface area contributed by atoms with E-state index in [1.54, 1.807) is 0 Å². The lowest BCUT2D eigenvalue weighted by Crippen LogP contribution is -2.35. The van der Waals surface area contributed by atoms with Gasteiger partial charge in [0.05, 0.1) is 0 Å². The van der Waals surface area contributed by atoms with Crippen LogP contribution >= 0.6 is 0 Å². The topological polar surface area (TPSA) is 32.3 Å². The fourth-order valence-corrected chi connectivity index (χ4v) is 2.54. The van der Waals surface area contributed by atoms with Gasteiger partial charge in [-0.15, -0.1) is 6.58 Å². The van der Waals surface area contributed by atoms with Gasteiger partial charge in [-0.3, -0.25) is 4.79 Å². The van der Waals surface area contributed by atoms with Crippen molar-refractivity contribution in [1.82, 2.24) is 10.2 Å². The minimum absolute atomic E-state index is 0.336. The van der Waals surface area contributed by atoms with E-state index < -0.39 is 0 Å². The Kier molecular flexibility index (Phi) is 4.60. The first-order chi connectivity index (χ1) is 8.31. The first kappa shape index (κ1) is 12.6. The maximum absolute atomic E-state index is 12.0. The summed E-state index contributed by atoms with van der Waals surface area (Å²) in [6.07, 6.45) is 7.73. The van der Waals surface area contributed by atoms with Crippen LogP contribution < -0.4 is 5.32 Å². The van der Waals surface area contributed by atoms with Crippen molar-refractivity contribution in [2.24, 2.45) is 11.8 Å². The molecule has 0 aromatic rings. The molecule has 0 atom stereocenters. The van der Waals surface area contributed by atoms with Crippen LogP contribution in [0, 0.1) is 11.8 Å². The van der Waals surface area contributed by atoms with Gasteiger partial charge in [-0.05, 0) is 51.1 Å². The number of hydrogen-bond acceptors (Lipinski definition) is 2. The third kappa shape index (κ3) is 3.84. The van der Waals surface area contributed by atoms with Crippen molar-refractivity contribution >= 4 is 5.91 Å². The first-order valence-corrected chi connectivity index (χ1v) is 6.91. The molecule has 1 aliphatic heterocycles. The zero-order valence-electron chi connectivity index (χ0n) is 10.7. The lowest BCUT2D eigenvalue weighted by Gasteiger charge is -2.27. The molecule has 2 aliphatic rings. The second-order valence-electron chi connectivity index (χ2n) is 5.33. The predicted molar refractivity (Wildman–Crippen MR) is 69.7 cm³/mol. The van der Waals surface area contributed by atoms with E-state index in [0.29, 0.717) is 11.8 Å². The van der Waals surface area contributed by atoms with Gasteiger partial charge in [0.15, 0.2) is 0 Å². The van der Waals surface area contributed by atoms with Crippen molar-refractivity contribution in [3.8, 4) is 0 Å². The Morgan fingerprint density at radius 1 is 1.29 bits per heavy atom. The van der Waals surface area contributed by atoms with Crippen LogP contribution in [0.1, 0.15) is 32.1 Å². The normalized spacial score (nSPS) is 21.2. The van der Waals surface area contributed by atoms with Crippen LogP contribution in [0.2, 0.25) is 0 Å². The van der Waals surface area contributed by atoms with Crippen LogP contribution in [0.5, 0.6) is 0 Å². The molecule has 0 spiro atoms.